The predicted molar refractivity (Wildman–Crippen MR) is 207 cm³/mol. The van der Waals surface area contributed by atoms with Crippen LogP contribution < -0.4 is 0 Å². The zero-order valence-electron chi connectivity index (χ0n) is 30.8. The van der Waals surface area contributed by atoms with E-state index in [4.69, 9.17) is 23.7 Å². The number of carbonyl (C=O) groups excluding carboxylic acids is 7. The molecule has 17 nitrogen and oxygen atoms in total. The molecule has 0 aromatic carbocycles. The number of hydrogen-bond acceptors (Lipinski definition) is 16. The highest BCUT2D eigenvalue weighted by molar-refractivity contribution is 5.83. The van der Waals surface area contributed by atoms with E-state index in [0.717, 1.165) is 12.5 Å². The molecule has 0 spiro atoms. The van der Waals surface area contributed by atoms with E-state index in [-0.39, 0.29) is 94.1 Å². The monoisotopic (exact) mass is 809 g/mol. The summed E-state index contributed by atoms with van der Waals surface area (Å²) in [5.41, 5.74) is -4.17. The van der Waals surface area contributed by atoms with Crippen LogP contribution in [0.3, 0.4) is 0 Å². The van der Waals surface area contributed by atoms with Crippen molar-refractivity contribution >= 4 is 41.7 Å². The predicted octanol–water partition coefficient (Wildman–Crippen LogP) is 3.32. The van der Waals surface area contributed by atoms with Crippen LogP contribution in [0.15, 0.2) is 12.7 Å². The minimum atomic E-state index is -1.53. The van der Waals surface area contributed by atoms with Crippen LogP contribution in [0, 0.1) is 16.2 Å². The number of nitrogens with zero attached hydrogens (tertiary/aromatic N) is 1. The number of aliphatic hydroxyl groups excluding tert-OH is 3. The molecule has 1 amide bonds. The maximum absolute atomic E-state index is 13.5. The first kappa shape index (κ1) is 58.6. The van der Waals surface area contributed by atoms with E-state index in [0.29, 0.717) is 13.0 Å². The summed E-state index contributed by atoms with van der Waals surface area (Å²) in [4.78, 5) is 88.4. The molecule has 0 bridgehead atoms. The summed E-state index contributed by atoms with van der Waals surface area (Å²) in [6.45, 7) is 9.10. The van der Waals surface area contributed by atoms with Crippen molar-refractivity contribution in [2.75, 3.05) is 59.3 Å². The molecule has 0 saturated carbocycles. The fourth-order valence-corrected chi connectivity index (χ4v) is 5.53. The van der Waals surface area contributed by atoms with Gasteiger partial charge >= 0.3 is 35.8 Å². The molecule has 4 atom stereocenters. The van der Waals surface area contributed by atoms with Crippen molar-refractivity contribution < 1.29 is 77.3 Å². The number of aliphatic hydroxyl groups is 3. The molecule has 0 aliphatic carbocycles. The lowest BCUT2D eigenvalue weighted by Crippen LogP contribution is -2.45. The maximum atomic E-state index is 13.5. The average molecular weight is 810 g/mol. The Kier molecular flexibility index (Phi) is 29.6. The summed E-state index contributed by atoms with van der Waals surface area (Å²) in [6, 6.07) is 0. The molecule has 3 N–H and O–H groups in total. The SMILES string of the molecule is C.C.C.C.C=CC(=O)OCCOC(=O)CCC(=O)OCC(O)COC(=O)C(C)(C)CC(C)(CC(C)(CC)C(=O)OCCN1CCCC1=O)C(=O)OCC(O)CO. The minimum absolute atomic E-state index is 0. The Morgan fingerprint density at radius 2 is 1.25 bits per heavy atom. The number of amides is 1. The van der Waals surface area contributed by atoms with Crippen LogP contribution in [-0.4, -0.2) is 133 Å². The van der Waals surface area contributed by atoms with E-state index < -0.39 is 90.7 Å². The van der Waals surface area contributed by atoms with Crippen LogP contribution in [-0.2, 0) is 62.0 Å². The molecule has 328 valence electrons. The number of ether oxygens (including phenoxy) is 6. The van der Waals surface area contributed by atoms with Gasteiger partial charge in [-0.05, 0) is 53.4 Å². The quantitative estimate of drug-likeness (QED) is 0.0519. The Morgan fingerprint density at radius 1 is 0.732 bits per heavy atom. The molecule has 56 heavy (non-hydrogen) atoms. The van der Waals surface area contributed by atoms with Gasteiger partial charge in [0, 0.05) is 19.0 Å². The summed E-state index contributed by atoms with van der Waals surface area (Å²) in [7, 11) is 0. The number of esters is 6. The molecular formula is C39H71NO16. The van der Waals surface area contributed by atoms with Crippen LogP contribution in [0.4, 0.5) is 0 Å². The standard InChI is InChI=1S/C35H55NO16.4CH4/c1-7-27(41)47-16-17-48-28(42)11-12-29(43)50-20-25(39)21-51-30(44)33(3,4)22-35(6,32(46)52-19-24(38)18-37)23-34(5,8-2)31(45)49-15-14-36-13-9-10-26(36)40;;;;/h7,24-25,37-39H,1,8-23H2,2-6H3;4*1H4. The lowest BCUT2D eigenvalue weighted by atomic mass is 9.65. The van der Waals surface area contributed by atoms with E-state index in [1.54, 1.807) is 18.7 Å². The molecule has 1 aliphatic rings. The first-order valence-electron chi connectivity index (χ1n) is 17.2. The molecule has 1 aliphatic heterocycles. The molecule has 1 fully saturated rings. The summed E-state index contributed by atoms with van der Waals surface area (Å²) in [6.07, 6.45) is -1.47. The van der Waals surface area contributed by atoms with Crippen LogP contribution in [0.5, 0.6) is 0 Å². The summed E-state index contributed by atoms with van der Waals surface area (Å²) in [5, 5.41) is 29.3. The van der Waals surface area contributed by atoms with Crippen LogP contribution in [0.2, 0.25) is 0 Å². The second-order valence-corrected chi connectivity index (χ2v) is 13.8. The lowest BCUT2D eigenvalue weighted by molar-refractivity contribution is -0.172. The van der Waals surface area contributed by atoms with Gasteiger partial charge in [-0.3, -0.25) is 28.8 Å². The van der Waals surface area contributed by atoms with Crippen LogP contribution in [0.25, 0.3) is 0 Å². The lowest BCUT2D eigenvalue weighted by Gasteiger charge is -2.39. The van der Waals surface area contributed by atoms with E-state index in [1.165, 1.54) is 20.8 Å². The van der Waals surface area contributed by atoms with Crippen LogP contribution in [0.1, 0.15) is 109 Å². The van der Waals surface area contributed by atoms with Gasteiger partial charge in [-0.15, -0.1) is 0 Å². The van der Waals surface area contributed by atoms with Crippen molar-refractivity contribution in [3.05, 3.63) is 12.7 Å². The average Bonchev–Trinajstić information content (AvgIpc) is 3.52. The zero-order valence-corrected chi connectivity index (χ0v) is 30.8. The van der Waals surface area contributed by atoms with Crippen molar-refractivity contribution in [3.63, 3.8) is 0 Å². The van der Waals surface area contributed by atoms with E-state index in [9.17, 15) is 48.9 Å². The number of hydrogen-bond donors (Lipinski definition) is 3. The molecular weight excluding hydrogens is 738 g/mol. The van der Waals surface area contributed by atoms with Gasteiger partial charge in [-0.25, -0.2) is 4.79 Å². The molecule has 17 heteroatoms. The van der Waals surface area contributed by atoms with Gasteiger partial charge in [0.15, 0.2) is 0 Å². The van der Waals surface area contributed by atoms with E-state index in [1.807, 2.05) is 0 Å². The van der Waals surface area contributed by atoms with Crippen LogP contribution >= 0.6 is 0 Å². The van der Waals surface area contributed by atoms with E-state index in [2.05, 4.69) is 11.3 Å². The fourth-order valence-electron chi connectivity index (χ4n) is 5.53. The fraction of sp³-hybridized carbons (Fsp3) is 0.769. The summed E-state index contributed by atoms with van der Waals surface area (Å²) < 4.78 is 30.5. The van der Waals surface area contributed by atoms with Crippen molar-refractivity contribution in [1.82, 2.24) is 4.90 Å². The molecule has 1 heterocycles. The van der Waals surface area contributed by atoms with Gasteiger partial charge in [-0.2, -0.15) is 0 Å². The minimum Gasteiger partial charge on any atom is -0.463 e. The Morgan fingerprint density at radius 3 is 1.79 bits per heavy atom. The maximum Gasteiger partial charge on any atom is 0.330 e. The van der Waals surface area contributed by atoms with Gasteiger partial charge in [0.25, 0.3) is 0 Å². The van der Waals surface area contributed by atoms with Gasteiger partial charge in [0.05, 0.1) is 42.2 Å². The molecule has 0 aromatic heterocycles. The number of rotatable bonds is 25. The topological polar surface area (TPSA) is 239 Å². The Bertz CT molecular complexity index is 1250. The van der Waals surface area contributed by atoms with Gasteiger partial charge in [0.2, 0.25) is 5.91 Å². The van der Waals surface area contributed by atoms with Gasteiger partial charge in [0.1, 0.15) is 51.8 Å². The third kappa shape index (κ3) is 20.7. The second-order valence-electron chi connectivity index (χ2n) is 13.8. The third-order valence-corrected chi connectivity index (χ3v) is 8.45. The molecule has 0 radical (unpaired) electrons. The highest BCUT2D eigenvalue weighted by Crippen LogP contribution is 2.46. The second kappa shape index (κ2) is 28.3. The van der Waals surface area contributed by atoms with Crippen molar-refractivity contribution in [3.8, 4) is 0 Å². The van der Waals surface area contributed by atoms with E-state index >= 15 is 0 Å². The van der Waals surface area contributed by atoms with Gasteiger partial charge < -0.3 is 48.6 Å². The Labute approximate surface area is 333 Å². The summed E-state index contributed by atoms with van der Waals surface area (Å²) in [5.74, 6) is -4.55. The van der Waals surface area contributed by atoms with Crippen molar-refractivity contribution in [1.29, 1.82) is 0 Å². The van der Waals surface area contributed by atoms with Crippen molar-refractivity contribution in [2.45, 2.75) is 121 Å². The smallest absolute Gasteiger partial charge is 0.330 e. The highest BCUT2D eigenvalue weighted by Gasteiger charge is 2.50. The Balaban J connectivity index is -0.00000338. The zero-order chi connectivity index (χ0) is 39.5. The van der Waals surface area contributed by atoms with Crippen molar-refractivity contribution in [2.24, 2.45) is 16.2 Å². The largest absolute Gasteiger partial charge is 0.463 e. The number of carbonyl (C=O) groups is 7. The molecule has 1 saturated heterocycles. The molecule has 1 rings (SSSR count). The van der Waals surface area contributed by atoms with Gasteiger partial charge in [-0.1, -0.05) is 43.2 Å². The highest BCUT2D eigenvalue weighted by atomic mass is 16.6. The number of likely N-dealkylation sites (tertiary alicyclic amines) is 1. The third-order valence-electron chi connectivity index (χ3n) is 8.45. The normalized spacial score (nSPS) is 15.2. The Hall–Kier alpha value is -4.09. The molecule has 4 unspecified atom stereocenters. The first-order chi connectivity index (χ1) is 24.3. The summed E-state index contributed by atoms with van der Waals surface area (Å²) >= 11 is 0. The first-order valence-corrected chi connectivity index (χ1v) is 17.2. The molecule has 0 aromatic rings.